The van der Waals surface area contributed by atoms with Gasteiger partial charge in [-0.1, -0.05) is 12.1 Å². The molecule has 4 aromatic rings. The van der Waals surface area contributed by atoms with Crippen LogP contribution in [0.1, 0.15) is 39.7 Å². The maximum Gasteiger partial charge on any atom is 0.337 e. The second-order valence-corrected chi connectivity index (χ2v) is 7.53. The predicted octanol–water partition coefficient (Wildman–Crippen LogP) is 3.26. The standard InChI is InChI=1S/C23H21N5O4/c1-30-21-18(12-25-23(26-21)32-3)19-11-17(20-24-7-8-28(20)27-19)16-10-15(16)13-5-4-6-14(9-13)22(29)31-2/h4-9,11-12,15-16H,10H2,1-3H3/t15-,16-/m0/s1. The van der Waals surface area contributed by atoms with Crippen LogP contribution in [0.15, 0.2) is 48.9 Å². The number of rotatable bonds is 6. The third-order valence-electron chi connectivity index (χ3n) is 5.70. The molecule has 32 heavy (non-hydrogen) atoms. The highest BCUT2D eigenvalue weighted by molar-refractivity contribution is 5.89. The Kier molecular flexibility index (Phi) is 4.93. The zero-order valence-corrected chi connectivity index (χ0v) is 17.8. The monoisotopic (exact) mass is 431 g/mol. The van der Waals surface area contributed by atoms with Crippen molar-refractivity contribution in [3.63, 3.8) is 0 Å². The third-order valence-corrected chi connectivity index (χ3v) is 5.70. The second-order valence-electron chi connectivity index (χ2n) is 7.53. The molecule has 3 aromatic heterocycles. The van der Waals surface area contributed by atoms with Crippen molar-refractivity contribution in [3.8, 4) is 23.1 Å². The number of ether oxygens (including phenoxy) is 3. The Hall–Kier alpha value is -4.01. The van der Waals surface area contributed by atoms with Crippen LogP contribution < -0.4 is 9.47 Å². The number of hydrogen-bond donors (Lipinski definition) is 0. The Morgan fingerprint density at radius 2 is 1.97 bits per heavy atom. The molecule has 0 amide bonds. The maximum atomic E-state index is 11.9. The van der Waals surface area contributed by atoms with Crippen molar-refractivity contribution >= 4 is 11.6 Å². The van der Waals surface area contributed by atoms with E-state index >= 15 is 0 Å². The smallest absolute Gasteiger partial charge is 0.337 e. The van der Waals surface area contributed by atoms with Gasteiger partial charge in [-0.3, -0.25) is 0 Å². The third kappa shape index (κ3) is 3.41. The number of fused-ring (bicyclic) bond motifs is 1. The summed E-state index contributed by atoms with van der Waals surface area (Å²) < 4.78 is 17.2. The summed E-state index contributed by atoms with van der Waals surface area (Å²) in [6.45, 7) is 0. The lowest BCUT2D eigenvalue weighted by Gasteiger charge is -2.11. The van der Waals surface area contributed by atoms with Crippen molar-refractivity contribution in [2.24, 2.45) is 0 Å². The molecule has 3 heterocycles. The quantitative estimate of drug-likeness (QED) is 0.429. The average molecular weight is 431 g/mol. The highest BCUT2D eigenvalue weighted by atomic mass is 16.5. The highest BCUT2D eigenvalue weighted by Gasteiger charge is 2.41. The number of carbonyl (C=O) groups is 1. The molecule has 0 spiro atoms. The molecule has 0 radical (unpaired) electrons. The normalized spacial score (nSPS) is 17.2. The van der Waals surface area contributed by atoms with E-state index in [1.54, 1.807) is 30.1 Å². The van der Waals surface area contributed by atoms with Crippen LogP contribution in [0.3, 0.4) is 0 Å². The van der Waals surface area contributed by atoms with Gasteiger partial charge in [-0.25, -0.2) is 19.3 Å². The molecule has 1 aliphatic carbocycles. The van der Waals surface area contributed by atoms with E-state index in [0.29, 0.717) is 22.7 Å². The molecule has 1 aliphatic rings. The summed E-state index contributed by atoms with van der Waals surface area (Å²) in [5.41, 5.74) is 4.88. The van der Waals surface area contributed by atoms with Crippen LogP contribution in [0.5, 0.6) is 11.9 Å². The summed E-state index contributed by atoms with van der Waals surface area (Å²) in [5.74, 6) is 0.578. The first kappa shape index (κ1) is 19.9. The van der Waals surface area contributed by atoms with Crippen molar-refractivity contribution in [3.05, 3.63) is 65.6 Å². The summed E-state index contributed by atoms with van der Waals surface area (Å²) in [4.78, 5) is 24.9. The van der Waals surface area contributed by atoms with Crippen LogP contribution in [0.2, 0.25) is 0 Å². The fraction of sp³-hybridized carbons (Fsp3) is 0.261. The Morgan fingerprint density at radius 3 is 2.75 bits per heavy atom. The van der Waals surface area contributed by atoms with Crippen LogP contribution in [-0.4, -0.2) is 51.9 Å². The van der Waals surface area contributed by atoms with Gasteiger partial charge in [0.1, 0.15) is 0 Å². The van der Waals surface area contributed by atoms with Crippen LogP contribution in [0.25, 0.3) is 16.9 Å². The number of methoxy groups -OCH3 is 3. The van der Waals surface area contributed by atoms with Crippen molar-refractivity contribution in [1.29, 1.82) is 0 Å². The fourth-order valence-electron chi connectivity index (χ4n) is 4.05. The highest BCUT2D eigenvalue weighted by Crippen LogP contribution is 2.55. The molecule has 5 rings (SSSR count). The van der Waals surface area contributed by atoms with Crippen molar-refractivity contribution in [2.75, 3.05) is 21.3 Å². The van der Waals surface area contributed by atoms with Crippen LogP contribution in [0.4, 0.5) is 0 Å². The SMILES string of the molecule is COC(=O)c1cccc([C@@H]2C[C@@H]2c2cc(-c3cnc(OC)nc3OC)nn3ccnc23)c1. The zero-order chi connectivity index (χ0) is 22.2. The number of carbonyl (C=O) groups excluding carboxylic acids is 1. The van der Waals surface area contributed by atoms with E-state index in [-0.39, 0.29) is 23.8 Å². The summed E-state index contributed by atoms with van der Waals surface area (Å²) in [6.07, 6.45) is 6.14. The van der Waals surface area contributed by atoms with Gasteiger partial charge in [0.15, 0.2) is 5.65 Å². The van der Waals surface area contributed by atoms with Gasteiger partial charge < -0.3 is 14.2 Å². The van der Waals surface area contributed by atoms with Gasteiger partial charge in [-0.2, -0.15) is 10.1 Å². The zero-order valence-electron chi connectivity index (χ0n) is 17.8. The summed E-state index contributed by atoms with van der Waals surface area (Å²) >= 11 is 0. The van der Waals surface area contributed by atoms with Crippen molar-refractivity contribution in [2.45, 2.75) is 18.3 Å². The molecule has 0 bridgehead atoms. The minimum Gasteiger partial charge on any atom is -0.480 e. The molecule has 1 saturated carbocycles. The lowest BCUT2D eigenvalue weighted by molar-refractivity contribution is 0.0600. The summed E-state index contributed by atoms with van der Waals surface area (Å²) in [5, 5.41) is 4.68. The Bertz CT molecular complexity index is 1320. The maximum absolute atomic E-state index is 11.9. The van der Waals surface area contributed by atoms with Crippen LogP contribution >= 0.6 is 0 Å². The van der Waals surface area contributed by atoms with Gasteiger partial charge in [0.2, 0.25) is 5.88 Å². The molecule has 1 fully saturated rings. The molecule has 0 aliphatic heterocycles. The van der Waals surface area contributed by atoms with Crippen molar-refractivity contribution in [1.82, 2.24) is 24.6 Å². The molecule has 0 unspecified atom stereocenters. The minimum atomic E-state index is -0.336. The van der Waals surface area contributed by atoms with E-state index in [4.69, 9.17) is 14.2 Å². The molecule has 0 saturated heterocycles. The van der Waals surface area contributed by atoms with Gasteiger partial charge >= 0.3 is 12.0 Å². The van der Waals surface area contributed by atoms with Crippen molar-refractivity contribution < 1.29 is 19.0 Å². The van der Waals surface area contributed by atoms with E-state index in [1.807, 2.05) is 30.5 Å². The number of aromatic nitrogens is 5. The van der Waals surface area contributed by atoms with E-state index in [1.165, 1.54) is 14.2 Å². The van der Waals surface area contributed by atoms with E-state index < -0.39 is 0 Å². The topological polar surface area (TPSA) is 101 Å². The minimum absolute atomic E-state index is 0.224. The van der Waals surface area contributed by atoms with Crippen LogP contribution in [-0.2, 0) is 4.74 Å². The van der Waals surface area contributed by atoms with Gasteiger partial charge in [0, 0.05) is 24.2 Å². The Balaban J connectivity index is 1.54. The molecule has 1 aromatic carbocycles. The first-order valence-electron chi connectivity index (χ1n) is 10.1. The van der Waals surface area contributed by atoms with Crippen LogP contribution in [0, 0.1) is 0 Å². The first-order valence-corrected chi connectivity index (χ1v) is 10.1. The Morgan fingerprint density at radius 1 is 1.09 bits per heavy atom. The van der Waals surface area contributed by atoms with E-state index in [2.05, 4.69) is 20.1 Å². The number of hydrogen-bond acceptors (Lipinski definition) is 8. The van der Waals surface area contributed by atoms with E-state index in [9.17, 15) is 4.79 Å². The van der Waals surface area contributed by atoms with Gasteiger partial charge in [-0.05, 0) is 42.0 Å². The number of esters is 1. The molecular weight excluding hydrogens is 410 g/mol. The molecule has 0 N–H and O–H groups in total. The molecular formula is C23H21N5O4. The molecule has 9 nitrogen and oxygen atoms in total. The largest absolute Gasteiger partial charge is 0.480 e. The summed E-state index contributed by atoms with van der Waals surface area (Å²) in [7, 11) is 4.44. The number of benzene rings is 1. The lowest BCUT2D eigenvalue weighted by Crippen LogP contribution is -2.03. The Labute approximate surface area is 184 Å². The van der Waals surface area contributed by atoms with E-state index in [0.717, 1.165) is 23.2 Å². The second kappa shape index (κ2) is 7.92. The summed E-state index contributed by atoms with van der Waals surface area (Å²) in [6, 6.07) is 9.84. The molecule has 2 atom stereocenters. The number of imidazole rings is 1. The molecule has 162 valence electrons. The first-order chi connectivity index (χ1) is 15.6. The van der Waals surface area contributed by atoms with Gasteiger partial charge in [0.25, 0.3) is 0 Å². The number of nitrogens with zero attached hydrogens (tertiary/aromatic N) is 5. The average Bonchev–Trinajstić information content (AvgIpc) is 3.50. The van der Waals surface area contributed by atoms with Gasteiger partial charge in [-0.15, -0.1) is 0 Å². The molecule has 9 heteroatoms. The van der Waals surface area contributed by atoms with Gasteiger partial charge in [0.05, 0.1) is 38.2 Å². The fourth-order valence-corrected chi connectivity index (χ4v) is 4.05. The lowest BCUT2D eigenvalue weighted by atomic mass is 10.0. The predicted molar refractivity (Wildman–Crippen MR) is 115 cm³/mol.